The Hall–Kier alpha value is -3.20. The third-order valence-corrected chi connectivity index (χ3v) is 5.76. The molecular weight excluding hydrogens is 334 g/mol. The van der Waals surface area contributed by atoms with Crippen LogP contribution in [0.1, 0.15) is 34.6 Å². The zero-order chi connectivity index (χ0) is 19.1. The van der Waals surface area contributed by atoms with E-state index >= 15 is 0 Å². The fraction of sp³-hybridized carbons (Fsp3) is 0.167. The molecule has 1 heterocycles. The van der Waals surface area contributed by atoms with Crippen molar-refractivity contribution in [3.05, 3.63) is 102 Å². The number of hydrogen-bond acceptors (Lipinski definition) is 3. The zero-order valence-corrected chi connectivity index (χ0v) is 15.4. The number of Topliss-reactive ketones (excluding diaryl/α,β-unsaturated/α-hetero) is 2. The van der Waals surface area contributed by atoms with Crippen molar-refractivity contribution < 1.29 is 9.59 Å². The van der Waals surface area contributed by atoms with Crippen molar-refractivity contribution in [1.29, 1.82) is 0 Å². The molecule has 0 saturated carbocycles. The minimum absolute atomic E-state index is 0.0428. The van der Waals surface area contributed by atoms with E-state index in [1.807, 2.05) is 110 Å². The molecule has 27 heavy (non-hydrogen) atoms. The predicted octanol–water partition coefficient (Wildman–Crippen LogP) is 4.79. The Labute approximate surface area is 159 Å². The minimum atomic E-state index is -0.942. The van der Waals surface area contributed by atoms with Crippen LogP contribution in [-0.2, 0) is 0 Å². The molecule has 0 unspecified atom stereocenters. The lowest BCUT2D eigenvalue weighted by Gasteiger charge is -2.12. The first-order chi connectivity index (χ1) is 13.0. The van der Waals surface area contributed by atoms with Gasteiger partial charge in [-0.25, -0.2) is 0 Å². The molecular formula is C24H21NO2. The maximum absolute atomic E-state index is 13.5. The summed E-state index contributed by atoms with van der Waals surface area (Å²) in [5, 5.41) is 0. The summed E-state index contributed by atoms with van der Waals surface area (Å²) >= 11 is 0. The Kier molecular flexibility index (Phi) is 3.96. The molecule has 0 aromatic heterocycles. The highest BCUT2D eigenvalue weighted by molar-refractivity contribution is 6.22. The molecule has 3 aromatic carbocycles. The van der Waals surface area contributed by atoms with E-state index in [9.17, 15) is 9.59 Å². The van der Waals surface area contributed by atoms with Gasteiger partial charge >= 0.3 is 0 Å². The van der Waals surface area contributed by atoms with E-state index in [2.05, 4.69) is 0 Å². The van der Waals surface area contributed by atoms with Gasteiger partial charge in [0.15, 0.2) is 11.6 Å². The molecule has 0 N–H and O–H groups in total. The number of para-hydroxylation sites is 1. The number of benzene rings is 3. The smallest absolute Gasteiger partial charge is 0.191 e. The number of nitrogens with zero attached hydrogens (tertiary/aromatic N) is 1. The van der Waals surface area contributed by atoms with Crippen molar-refractivity contribution in [3.8, 4) is 0 Å². The normalized spacial score (nSPS) is 23.7. The molecule has 3 aromatic rings. The highest BCUT2D eigenvalue weighted by atomic mass is 16.2. The first-order valence-corrected chi connectivity index (χ1v) is 9.06. The molecule has 1 saturated heterocycles. The van der Waals surface area contributed by atoms with Crippen LogP contribution < -0.4 is 4.90 Å². The van der Waals surface area contributed by atoms with E-state index in [0.717, 1.165) is 5.69 Å². The van der Waals surface area contributed by atoms with Crippen molar-refractivity contribution >= 4 is 17.3 Å². The van der Waals surface area contributed by atoms with Crippen LogP contribution in [0.5, 0.6) is 0 Å². The number of carbonyl (C=O) groups excluding carboxylic acids is 2. The summed E-state index contributed by atoms with van der Waals surface area (Å²) in [5.41, 5.74) is 0.220. The average molecular weight is 355 g/mol. The second-order valence-corrected chi connectivity index (χ2v) is 7.21. The van der Waals surface area contributed by atoms with Gasteiger partial charge in [0.1, 0.15) is 11.1 Å². The Morgan fingerprint density at radius 3 is 1.30 bits per heavy atom. The SMILES string of the molecule is C[C@@]1(C(=O)c2ccccc2)N(c2ccccc2)[C@@]1(C)C(=O)c1ccccc1. The van der Waals surface area contributed by atoms with Gasteiger partial charge in [-0.3, -0.25) is 9.59 Å². The summed E-state index contributed by atoms with van der Waals surface area (Å²) in [6.45, 7) is 3.74. The summed E-state index contributed by atoms with van der Waals surface area (Å²) in [6, 6.07) is 28.1. The Bertz CT molecular complexity index is 921. The predicted molar refractivity (Wildman–Crippen MR) is 107 cm³/mol. The standard InChI is InChI=1S/C24H21NO2/c1-23(21(26)18-12-6-3-7-13-18)24(2,22(27)19-14-8-4-9-15-19)25(23)20-16-10-5-11-17-20/h3-17H,1-2H3/t23-,24-/m0/s1. The van der Waals surface area contributed by atoms with Gasteiger partial charge < -0.3 is 4.90 Å². The number of rotatable bonds is 5. The molecule has 4 rings (SSSR count). The first-order valence-electron chi connectivity index (χ1n) is 9.06. The molecule has 0 radical (unpaired) electrons. The fourth-order valence-corrected chi connectivity index (χ4v) is 4.09. The van der Waals surface area contributed by atoms with Crippen molar-refractivity contribution in [2.75, 3.05) is 4.90 Å². The lowest BCUT2D eigenvalue weighted by atomic mass is 9.83. The van der Waals surface area contributed by atoms with E-state index < -0.39 is 11.1 Å². The zero-order valence-electron chi connectivity index (χ0n) is 15.4. The molecule has 0 aliphatic carbocycles. The Balaban J connectivity index is 1.83. The van der Waals surface area contributed by atoms with Gasteiger partial charge in [0.05, 0.1) is 0 Å². The summed E-state index contributed by atoms with van der Waals surface area (Å²) < 4.78 is 0. The lowest BCUT2D eigenvalue weighted by molar-refractivity contribution is 0.0883. The second-order valence-electron chi connectivity index (χ2n) is 7.21. The summed E-state index contributed by atoms with van der Waals surface area (Å²) in [7, 11) is 0. The second kappa shape index (κ2) is 6.20. The third-order valence-electron chi connectivity index (χ3n) is 5.76. The van der Waals surface area contributed by atoms with Crippen molar-refractivity contribution in [2.24, 2.45) is 0 Å². The maximum atomic E-state index is 13.5. The molecule has 0 bridgehead atoms. The van der Waals surface area contributed by atoms with Crippen LogP contribution in [0.2, 0.25) is 0 Å². The number of anilines is 1. The van der Waals surface area contributed by atoms with E-state index in [1.54, 1.807) is 0 Å². The van der Waals surface area contributed by atoms with E-state index in [0.29, 0.717) is 11.1 Å². The summed E-state index contributed by atoms with van der Waals surface area (Å²) in [4.78, 5) is 28.9. The topological polar surface area (TPSA) is 37.1 Å². The number of carbonyl (C=O) groups is 2. The quantitative estimate of drug-likeness (QED) is 0.488. The average Bonchev–Trinajstić information content (AvgIpc) is 3.26. The van der Waals surface area contributed by atoms with Crippen LogP contribution >= 0.6 is 0 Å². The third kappa shape index (κ3) is 2.42. The number of hydrogen-bond donors (Lipinski definition) is 0. The van der Waals surface area contributed by atoms with Gasteiger partial charge in [-0.2, -0.15) is 0 Å². The number of ketones is 2. The largest absolute Gasteiger partial charge is 0.341 e. The molecule has 1 aliphatic heterocycles. The Morgan fingerprint density at radius 2 is 0.926 bits per heavy atom. The van der Waals surface area contributed by atoms with Gasteiger partial charge in [-0.15, -0.1) is 0 Å². The molecule has 2 atom stereocenters. The van der Waals surface area contributed by atoms with Crippen LogP contribution in [0.15, 0.2) is 91.0 Å². The summed E-state index contributed by atoms with van der Waals surface area (Å²) in [5.74, 6) is -0.0857. The maximum Gasteiger partial charge on any atom is 0.191 e. The van der Waals surface area contributed by atoms with Crippen LogP contribution in [0.3, 0.4) is 0 Å². The molecule has 3 nitrogen and oxygen atoms in total. The Morgan fingerprint density at radius 1 is 0.593 bits per heavy atom. The van der Waals surface area contributed by atoms with E-state index in [-0.39, 0.29) is 11.6 Å². The molecule has 134 valence electrons. The van der Waals surface area contributed by atoms with E-state index in [1.165, 1.54) is 0 Å². The van der Waals surface area contributed by atoms with Gasteiger partial charge in [0.25, 0.3) is 0 Å². The monoisotopic (exact) mass is 355 g/mol. The van der Waals surface area contributed by atoms with Crippen molar-refractivity contribution in [3.63, 3.8) is 0 Å². The van der Waals surface area contributed by atoms with Crippen molar-refractivity contribution in [1.82, 2.24) is 0 Å². The highest BCUT2D eigenvalue weighted by Gasteiger charge is 2.77. The molecule has 1 aliphatic rings. The van der Waals surface area contributed by atoms with Crippen LogP contribution in [0.4, 0.5) is 5.69 Å². The van der Waals surface area contributed by atoms with Crippen LogP contribution in [0, 0.1) is 0 Å². The molecule has 3 heteroatoms. The van der Waals surface area contributed by atoms with E-state index in [4.69, 9.17) is 0 Å². The molecule has 0 amide bonds. The minimum Gasteiger partial charge on any atom is -0.341 e. The molecule has 0 spiro atoms. The van der Waals surface area contributed by atoms with Crippen LogP contribution in [-0.4, -0.2) is 22.6 Å². The highest BCUT2D eigenvalue weighted by Crippen LogP contribution is 2.57. The van der Waals surface area contributed by atoms with Crippen LogP contribution in [0.25, 0.3) is 0 Å². The molecule has 1 fully saturated rings. The van der Waals surface area contributed by atoms with Gasteiger partial charge in [0, 0.05) is 16.8 Å². The lowest BCUT2D eigenvalue weighted by Crippen LogP contribution is -2.35. The van der Waals surface area contributed by atoms with Gasteiger partial charge in [0.2, 0.25) is 0 Å². The van der Waals surface area contributed by atoms with Crippen molar-refractivity contribution in [2.45, 2.75) is 24.9 Å². The first kappa shape index (κ1) is 17.2. The van der Waals surface area contributed by atoms with Gasteiger partial charge in [-0.05, 0) is 26.0 Å². The fourth-order valence-electron chi connectivity index (χ4n) is 4.09. The summed E-state index contributed by atoms with van der Waals surface area (Å²) in [6.07, 6.45) is 0. The van der Waals surface area contributed by atoms with Gasteiger partial charge in [-0.1, -0.05) is 78.9 Å².